The summed E-state index contributed by atoms with van der Waals surface area (Å²) < 4.78 is 10.4. The van der Waals surface area contributed by atoms with Gasteiger partial charge in [0.15, 0.2) is 5.96 Å². The van der Waals surface area contributed by atoms with E-state index in [2.05, 4.69) is 34.4 Å². The third kappa shape index (κ3) is 7.67. The van der Waals surface area contributed by atoms with Crippen LogP contribution in [-0.2, 0) is 9.47 Å². The molecule has 1 saturated heterocycles. The van der Waals surface area contributed by atoms with Gasteiger partial charge in [0.25, 0.3) is 0 Å². The van der Waals surface area contributed by atoms with Crippen LogP contribution in [0.15, 0.2) is 4.99 Å². The molecule has 0 aromatic heterocycles. The Hall–Kier alpha value is -0.850. The van der Waals surface area contributed by atoms with E-state index in [1.165, 1.54) is 0 Å². The summed E-state index contributed by atoms with van der Waals surface area (Å²) in [6.45, 7) is 12.4. The van der Waals surface area contributed by atoms with Gasteiger partial charge in [0, 0.05) is 46.4 Å². The molecule has 6 heteroatoms. The summed E-state index contributed by atoms with van der Waals surface area (Å²) >= 11 is 0. The molecule has 1 aliphatic rings. The fraction of sp³-hybridized carbons (Fsp3) is 0.929. The van der Waals surface area contributed by atoms with Crippen molar-refractivity contribution < 1.29 is 9.47 Å². The number of nitrogens with zero attached hydrogens (tertiary/aromatic N) is 2. The summed E-state index contributed by atoms with van der Waals surface area (Å²) in [5.74, 6) is 1.42. The minimum absolute atomic E-state index is 0.547. The first-order valence-electron chi connectivity index (χ1n) is 7.57. The Labute approximate surface area is 122 Å². The molecule has 0 bridgehead atoms. The van der Waals surface area contributed by atoms with E-state index in [1.54, 1.807) is 7.11 Å². The third-order valence-corrected chi connectivity index (χ3v) is 3.18. The lowest BCUT2D eigenvalue weighted by Gasteiger charge is -2.28. The Kier molecular flexibility index (Phi) is 9.36. The van der Waals surface area contributed by atoms with Gasteiger partial charge in [-0.1, -0.05) is 6.92 Å². The second-order valence-corrected chi connectivity index (χ2v) is 5.16. The van der Waals surface area contributed by atoms with Crippen LogP contribution in [-0.4, -0.2) is 77.1 Å². The summed E-state index contributed by atoms with van der Waals surface area (Å²) in [7, 11) is 1.70. The highest BCUT2D eigenvalue weighted by Crippen LogP contribution is 2.03. The zero-order valence-corrected chi connectivity index (χ0v) is 13.2. The molecule has 1 heterocycles. The fourth-order valence-electron chi connectivity index (χ4n) is 2.14. The van der Waals surface area contributed by atoms with Gasteiger partial charge in [0.05, 0.1) is 19.8 Å². The first kappa shape index (κ1) is 17.2. The molecule has 0 radical (unpaired) electrons. The predicted molar refractivity (Wildman–Crippen MR) is 82.3 cm³/mol. The molecular formula is C14H30N4O2. The molecule has 0 spiro atoms. The van der Waals surface area contributed by atoms with Crippen LogP contribution >= 0.6 is 0 Å². The van der Waals surface area contributed by atoms with Crippen LogP contribution in [0.1, 0.15) is 13.8 Å². The predicted octanol–water partition coefficient (Wildman–Crippen LogP) is 0.156. The summed E-state index contributed by atoms with van der Waals surface area (Å²) in [6, 6.07) is 0. The molecule has 2 N–H and O–H groups in total. The van der Waals surface area contributed by atoms with E-state index in [0.29, 0.717) is 12.5 Å². The SMILES string of the molecule is CCNC(=NCC(C)CN1CCOCC1)NCCOC. The Morgan fingerprint density at radius 1 is 1.35 bits per heavy atom. The minimum Gasteiger partial charge on any atom is -0.383 e. The topological polar surface area (TPSA) is 58.1 Å². The summed E-state index contributed by atoms with van der Waals surface area (Å²) in [4.78, 5) is 7.08. The number of aliphatic imine (C=N–C) groups is 1. The van der Waals surface area contributed by atoms with Crippen molar-refractivity contribution in [3.05, 3.63) is 0 Å². The van der Waals surface area contributed by atoms with Crippen molar-refractivity contribution in [1.82, 2.24) is 15.5 Å². The van der Waals surface area contributed by atoms with E-state index in [0.717, 1.165) is 58.4 Å². The van der Waals surface area contributed by atoms with Gasteiger partial charge in [-0.2, -0.15) is 0 Å². The number of methoxy groups -OCH3 is 1. The Balaban J connectivity index is 2.28. The maximum atomic E-state index is 5.37. The van der Waals surface area contributed by atoms with Crippen molar-refractivity contribution in [2.24, 2.45) is 10.9 Å². The quantitative estimate of drug-likeness (QED) is 0.378. The van der Waals surface area contributed by atoms with Crippen LogP contribution in [0, 0.1) is 5.92 Å². The largest absolute Gasteiger partial charge is 0.383 e. The monoisotopic (exact) mass is 286 g/mol. The second-order valence-electron chi connectivity index (χ2n) is 5.16. The summed E-state index contributed by atoms with van der Waals surface area (Å²) in [6.07, 6.45) is 0. The van der Waals surface area contributed by atoms with Crippen LogP contribution in [0.3, 0.4) is 0 Å². The van der Waals surface area contributed by atoms with Gasteiger partial charge in [-0.3, -0.25) is 9.89 Å². The van der Waals surface area contributed by atoms with Crippen molar-refractivity contribution in [2.75, 3.05) is 66.2 Å². The average molecular weight is 286 g/mol. The maximum absolute atomic E-state index is 5.37. The van der Waals surface area contributed by atoms with Gasteiger partial charge >= 0.3 is 0 Å². The average Bonchev–Trinajstić information content (AvgIpc) is 2.46. The highest BCUT2D eigenvalue weighted by molar-refractivity contribution is 5.79. The number of rotatable bonds is 8. The highest BCUT2D eigenvalue weighted by atomic mass is 16.5. The van der Waals surface area contributed by atoms with Gasteiger partial charge in [0.2, 0.25) is 0 Å². The fourth-order valence-corrected chi connectivity index (χ4v) is 2.14. The summed E-state index contributed by atoms with van der Waals surface area (Å²) in [5.41, 5.74) is 0. The number of hydrogen-bond acceptors (Lipinski definition) is 4. The van der Waals surface area contributed by atoms with Crippen LogP contribution in [0.25, 0.3) is 0 Å². The zero-order valence-electron chi connectivity index (χ0n) is 13.2. The first-order chi connectivity index (χ1) is 9.76. The zero-order chi connectivity index (χ0) is 14.6. The molecule has 0 amide bonds. The molecule has 0 aromatic carbocycles. The van der Waals surface area contributed by atoms with Gasteiger partial charge in [0.1, 0.15) is 0 Å². The van der Waals surface area contributed by atoms with Crippen molar-refractivity contribution in [3.63, 3.8) is 0 Å². The van der Waals surface area contributed by atoms with Crippen LogP contribution < -0.4 is 10.6 Å². The Morgan fingerprint density at radius 3 is 2.75 bits per heavy atom. The third-order valence-electron chi connectivity index (χ3n) is 3.18. The minimum atomic E-state index is 0.547. The van der Waals surface area contributed by atoms with Crippen LogP contribution in [0.2, 0.25) is 0 Å². The smallest absolute Gasteiger partial charge is 0.191 e. The van der Waals surface area contributed by atoms with E-state index in [9.17, 15) is 0 Å². The van der Waals surface area contributed by atoms with E-state index >= 15 is 0 Å². The van der Waals surface area contributed by atoms with Crippen molar-refractivity contribution in [3.8, 4) is 0 Å². The standard InChI is InChI=1S/C14H30N4O2/c1-4-15-14(16-5-8-19-3)17-11-13(2)12-18-6-9-20-10-7-18/h13H,4-12H2,1-3H3,(H2,15,16,17). The van der Waals surface area contributed by atoms with Gasteiger partial charge in [-0.25, -0.2) is 0 Å². The highest BCUT2D eigenvalue weighted by Gasteiger charge is 2.13. The lowest BCUT2D eigenvalue weighted by atomic mass is 10.1. The molecule has 1 unspecified atom stereocenters. The van der Waals surface area contributed by atoms with E-state index in [1.807, 2.05) is 0 Å². The van der Waals surface area contributed by atoms with E-state index in [4.69, 9.17) is 9.47 Å². The molecule has 20 heavy (non-hydrogen) atoms. The molecular weight excluding hydrogens is 256 g/mol. The number of nitrogens with one attached hydrogen (secondary N) is 2. The lowest BCUT2D eigenvalue weighted by Crippen LogP contribution is -2.41. The normalized spacial score (nSPS) is 18.9. The van der Waals surface area contributed by atoms with Crippen molar-refractivity contribution >= 4 is 5.96 Å². The lowest BCUT2D eigenvalue weighted by molar-refractivity contribution is 0.0323. The van der Waals surface area contributed by atoms with Crippen LogP contribution in [0.5, 0.6) is 0 Å². The van der Waals surface area contributed by atoms with Gasteiger partial charge < -0.3 is 20.1 Å². The number of ether oxygens (including phenoxy) is 2. The summed E-state index contributed by atoms with van der Waals surface area (Å²) in [5, 5.41) is 6.51. The molecule has 6 nitrogen and oxygen atoms in total. The second kappa shape index (κ2) is 10.9. The Morgan fingerprint density at radius 2 is 2.10 bits per heavy atom. The molecule has 0 saturated carbocycles. The molecule has 118 valence electrons. The molecule has 0 aliphatic carbocycles. The maximum Gasteiger partial charge on any atom is 0.191 e. The molecule has 1 atom stereocenters. The number of hydrogen-bond donors (Lipinski definition) is 2. The molecule has 1 fully saturated rings. The Bertz CT molecular complexity index is 268. The van der Waals surface area contributed by atoms with Crippen molar-refractivity contribution in [2.45, 2.75) is 13.8 Å². The molecule has 0 aromatic rings. The van der Waals surface area contributed by atoms with E-state index in [-0.39, 0.29) is 0 Å². The van der Waals surface area contributed by atoms with Crippen molar-refractivity contribution in [1.29, 1.82) is 0 Å². The molecule has 1 rings (SSSR count). The first-order valence-corrected chi connectivity index (χ1v) is 7.57. The molecule has 1 aliphatic heterocycles. The number of guanidine groups is 1. The number of morpholine rings is 1. The van der Waals surface area contributed by atoms with E-state index < -0.39 is 0 Å². The van der Waals surface area contributed by atoms with Gasteiger partial charge in [-0.15, -0.1) is 0 Å². The van der Waals surface area contributed by atoms with Crippen LogP contribution in [0.4, 0.5) is 0 Å². The van der Waals surface area contributed by atoms with Gasteiger partial charge in [-0.05, 0) is 12.8 Å².